The first-order valence-electron chi connectivity index (χ1n) is 10.6. The minimum absolute atomic E-state index is 0. The van der Waals surface area contributed by atoms with Crippen molar-refractivity contribution in [3.05, 3.63) is 81.8 Å². The Bertz CT molecular complexity index is 1700. The summed E-state index contributed by atoms with van der Waals surface area (Å²) in [5, 5.41) is 24.9. The van der Waals surface area contributed by atoms with E-state index < -0.39 is 26.7 Å². The Balaban J connectivity index is 0.00000400. The summed E-state index contributed by atoms with van der Waals surface area (Å²) in [7, 11) is -3.36. The molecule has 4 aromatic carbocycles. The van der Waals surface area contributed by atoms with Crippen LogP contribution < -0.4 is 44.7 Å². The number of nitrogens with one attached hydrogen (secondary N) is 1. The van der Waals surface area contributed by atoms with Crippen molar-refractivity contribution in [2.75, 3.05) is 12.4 Å². The van der Waals surface area contributed by atoms with Crippen molar-refractivity contribution in [2.45, 2.75) is 11.8 Å². The number of azo groups is 1. The van der Waals surface area contributed by atoms with Crippen LogP contribution in [0.2, 0.25) is 10.0 Å². The Morgan fingerprint density at radius 1 is 1.03 bits per heavy atom. The van der Waals surface area contributed by atoms with Gasteiger partial charge in [0.2, 0.25) is 0 Å². The van der Waals surface area contributed by atoms with E-state index >= 15 is 0 Å². The van der Waals surface area contributed by atoms with Gasteiger partial charge in [-0.15, -0.1) is 5.11 Å². The molecule has 38 heavy (non-hydrogen) atoms. The number of benzene rings is 4. The number of rotatable bonds is 6. The molecular weight excluding hydrogens is 564 g/mol. The van der Waals surface area contributed by atoms with Crippen molar-refractivity contribution < 1.29 is 57.2 Å². The summed E-state index contributed by atoms with van der Waals surface area (Å²) >= 11 is 12.2. The van der Waals surface area contributed by atoms with Gasteiger partial charge in [-0.05, 0) is 48.2 Å². The molecule has 0 spiro atoms. The molecule has 0 heterocycles. The second-order valence-corrected chi connectivity index (χ2v) is 10.0. The van der Waals surface area contributed by atoms with Crippen molar-refractivity contribution in [3.63, 3.8) is 0 Å². The second-order valence-electron chi connectivity index (χ2n) is 7.87. The third kappa shape index (κ3) is 6.13. The number of ether oxygens (including phenoxy) is 1. The second kappa shape index (κ2) is 12.0. The van der Waals surface area contributed by atoms with Gasteiger partial charge in [-0.1, -0.05) is 59.3 Å². The zero-order valence-corrected chi connectivity index (χ0v) is 24.6. The van der Waals surface area contributed by atoms with Crippen LogP contribution in [0.1, 0.15) is 15.9 Å². The van der Waals surface area contributed by atoms with E-state index in [1.165, 1.54) is 25.3 Å². The summed E-state index contributed by atoms with van der Waals surface area (Å²) in [6.45, 7) is 1.64. The maximum Gasteiger partial charge on any atom is 1.00 e. The van der Waals surface area contributed by atoms with Crippen molar-refractivity contribution in [2.24, 2.45) is 10.2 Å². The molecule has 0 saturated carbocycles. The number of fused-ring (bicyclic) bond motifs is 1. The number of anilines is 1. The molecule has 0 bridgehead atoms. The normalized spacial score (nSPS) is 11.4. The summed E-state index contributed by atoms with van der Waals surface area (Å²) in [6.07, 6.45) is 0. The van der Waals surface area contributed by atoms with Crippen LogP contribution in [0.3, 0.4) is 0 Å². The molecule has 9 nitrogen and oxygen atoms in total. The van der Waals surface area contributed by atoms with Gasteiger partial charge in [0.1, 0.15) is 10.6 Å². The first-order valence-corrected chi connectivity index (χ1v) is 12.8. The minimum Gasteiger partial charge on any atom is -0.870 e. The van der Waals surface area contributed by atoms with E-state index in [0.717, 1.165) is 0 Å². The average Bonchev–Trinajstić information content (AvgIpc) is 2.82. The quantitative estimate of drug-likeness (QED) is 0.203. The van der Waals surface area contributed by atoms with Gasteiger partial charge in [0, 0.05) is 10.9 Å². The van der Waals surface area contributed by atoms with Gasteiger partial charge in [-0.3, -0.25) is 9.35 Å². The van der Waals surface area contributed by atoms with Crippen molar-refractivity contribution in [1.29, 1.82) is 0 Å². The Labute approximate surface area is 250 Å². The molecule has 0 aliphatic rings. The van der Waals surface area contributed by atoms with Crippen LogP contribution in [-0.2, 0) is 10.1 Å². The Kier molecular flexibility index (Phi) is 9.43. The van der Waals surface area contributed by atoms with Crippen LogP contribution in [0.25, 0.3) is 10.8 Å². The van der Waals surface area contributed by atoms with Crippen molar-refractivity contribution in [1.82, 2.24) is 0 Å². The molecule has 4 aromatic rings. The van der Waals surface area contributed by atoms with Gasteiger partial charge < -0.3 is 15.2 Å². The zero-order valence-electron chi connectivity index (χ0n) is 20.3. The number of hydrogen-bond acceptors (Lipinski definition) is 7. The van der Waals surface area contributed by atoms with Crippen LogP contribution in [0, 0.1) is 6.92 Å². The number of carbonyl (C=O) groups is 1. The number of amides is 1. The molecule has 0 aromatic heterocycles. The molecule has 0 saturated heterocycles. The maximum atomic E-state index is 13.4. The first-order chi connectivity index (χ1) is 17.5. The smallest absolute Gasteiger partial charge is 0.870 e. The molecule has 13 heteroatoms. The van der Waals surface area contributed by atoms with Crippen molar-refractivity contribution >= 4 is 67.1 Å². The van der Waals surface area contributed by atoms with Crippen LogP contribution in [0.5, 0.6) is 11.5 Å². The number of carbonyl (C=O) groups excluding carboxylic acids is 1. The minimum atomic E-state index is -4.75. The standard InChI is InChI=1S/C25H19Cl2N3O6S.Na/c1-13-10-18(27)24(37(33,34)35)20(11-13)29-30-21-15-7-4-3-6-14(15)12-16(22(21)31)25(32)28-19-9-5-8-17(26)23(19)36-2;/h3-12,31H,1-2H3,(H,28,32)(H,33,34,35);/q;+1/p-1. The Morgan fingerprint density at radius 3 is 2.42 bits per heavy atom. The Morgan fingerprint density at radius 2 is 1.74 bits per heavy atom. The molecule has 0 fully saturated rings. The van der Waals surface area contributed by atoms with Gasteiger partial charge in [-0.2, -0.15) is 13.5 Å². The molecule has 0 aliphatic heterocycles. The number of nitrogens with zero attached hydrogens (tertiary/aromatic N) is 2. The molecule has 4 rings (SSSR count). The van der Waals surface area contributed by atoms with Gasteiger partial charge >= 0.3 is 29.6 Å². The van der Waals surface area contributed by atoms with Crippen molar-refractivity contribution in [3.8, 4) is 11.5 Å². The molecule has 0 aliphatic carbocycles. The van der Waals surface area contributed by atoms with E-state index in [-0.39, 0.29) is 68.0 Å². The molecule has 0 unspecified atom stereocenters. The van der Waals surface area contributed by atoms with Crippen LogP contribution in [-0.4, -0.2) is 26.0 Å². The predicted octanol–water partition coefficient (Wildman–Crippen LogP) is 3.46. The summed E-state index contributed by atoms with van der Waals surface area (Å²) in [5.74, 6) is -1.28. The topological polar surface area (TPSA) is 140 Å². The van der Waals surface area contributed by atoms with Gasteiger partial charge in [0.25, 0.3) is 16.0 Å². The zero-order chi connectivity index (χ0) is 26.9. The molecule has 2 N–H and O–H groups in total. The monoisotopic (exact) mass is 581 g/mol. The van der Waals surface area contributed by atoms with Crippen LogP contribution >= 0.6 is 23.2 Å². The van der Waals surface area contributed by atoms with E-state index in [1.807, 2.05) is 0 Å². The predicted molar refractivity (Wildman–Crippen MR) is 140 cm³/mol. The summed E-state index contributed by atoms with van der Waals surface area (Å²) in [4.78, 5) is 12.5. The van der Waals surface area contributed by atoms with E-state index in [9.17, 15) is 22.9 Å². The summed E-state index contributed by atoms with van der Waals surface area (Å²) in [6, 6.07) is 15.5. The average molecular weight is 582 g/mol. The molecule has 190 valence electrons. The molecular formula is C25H18Cl2N3NaO6S. The number of methoxy groups -OCH3 is 1. The van der Waals surface area contributed by atoms with E-state index in [1.54, 1.807) is 49.4 Å². The number of aryl methyl sites for hydroxylation is 1. The fraction of sp³-hybridized carbons (Fsp3) is 0.0800. The number of hydrogen-bond donors (Lipinski definition) is 2. The molecule has 0 atom stereocenters. The molecule has 0 radical (unpaired) electrons. The largest absolute Gasteiger partial charge is 1.00 e. The SMILES string of the molecule is COc1c(Cl)cccc1NC(=O)c1cc2ccccc2c(N=Nc2cc(C)cc(Cl)c2S(=O)(=O)O)c1[O-].[Na+]. The third-order valence-corrected chi connectivity index (χ3v) is 6.98. The third-order valence-electron chi connectivity index (χ3n) is 5.32. The summed E-state index contributed by atoms with van der Waals surface area (Å²) in [5.41, 5.74) is 0.0757. The maximum absolute atomic E-state index is 13.4. The summed E-state index contributed by atoms with van der Waals surface area (Å²) < 4.78 is 38.7. The van der Waals surface area contributed by atoms with Gasteiger partial charge in [-0.25, -0.2) is 0 Å². The van der Waals surface area contributed by atoms with E-state index in [2.05, 4.69) is 15.5 Å². The van der Waals surface area contributed by atoms with Gasteiger partial charge in [0.15, 0.2) is 5.75 Å². The number of halogens is 2. The van der Waals surface area contributed by atoms with Gasteiger partial charge in [0.05, 0.1) is 28.5 Å². The Hall–Kier alpha value is -2.70. The van der Waals surface area contributed by atoms with Crippen LogP contribution in [0.4, 0.5) is 17.1 Å². The first kappa shape index (κ1) is 29.9. The molecule has 1 amide bonds. The number of para-hydroxylation sites is 1. The van der Waals surface area contributed by atoms with E-state index in [0.29, 0.717) is 16.3 Å². The van der Waals surface area contributed by atoms with Crippen LogP contribution in [0.15, 0.2) is 75.8 Å². The fourth-order valence-electron chi connectivity index (χ4n) is 3.73. The van der Waals surface area contributed by atoms with E-state index in [4.69, 9.17) is 27.9 Å². The fourth-order valence-corrected chi connectivity index (χ4v) is 5.21.